The van der Waals surface area contributed by atoms with Crippen LogP contribution < -0.4 is 5.73 Å². The molecule has 2 fully saturated rings. The van der Waals surface area contributed by atoms with E-state index in [0.29, 0.717) is 11.4 Å². The van der Waals surface area contributed by atoms with E-state index in [0.717, 1.165) is 18.8 Å². The van der Waals surface area contributed by atoms with E-state index in [1.54, 1.807) is 11.8 Å². The van der Waals surface area contributed by atoms with Crippen molar-refractivity contribution in [2.45, 2.75) is 49.9 Å². The number of primary amides is 1. The highest BCUT2D eigenvalue weighted by molar-refractivity contribution is 7.99. The number of amides is 2. The summed E-state index contributed by atoms with van der Waals surface area (Å²) in [4.78, 5) is 13.5. The molecule has 1 saturated carbocycles. The summed E-state index contributed by atoms with van der Waals surface area (Å²) in [6.07, 6.45) is 9.50. The van der Waals surface area contributed by atoms with E-state index in [1.165, 1.54) is 25.7 Å². The number of fused-ring (bicyclic) bond motifs is 1. The monoisotopic (exact) mass is 228 g/mol. The molecule has 3 unspecified atom stereocenters. The molecular weight excluding hydrogens is 208 g/mol. The van der Waals surface area contributed by atoms with Crippen molar-refractivity contribution in [2.75, 3.05) is 6.26 Å². The molecular formula is C11H20N2OS. The summed E-state index contributed by atoms with van der Waals surface area (Å²) in [5, 5.41) is 0.321. The van der Waals surface area contributed by atoms with Crippen LogP contribution in [0.25, 0.3) is 0 Å². The minimum Gasteiger partial charge on any atom is -0.351 e. The summed E-state index contributed by atoms with van der Waals surface area (Å²) in [6.45, 7) is 0. The van der Waals surface area contributed by atoms with Crippen LogP contribution in [0, 0.1) is 5.92 Å². The number of rotatable bonds is 1. The predicted molar refractivity (Wildman–Crippen MR) is 63.7 cm³/mol. The average Bonchev–Trinajstić information content (AvgIpc) is 2.27. The Kier molecular flexibility index (Phi) is 3.44. The van der Waals surface area contributed by atoms with E-state index < -0.39 is 0 Å². The molecule has 0 aromatic rings. The zero-order valence-electron chi connectivity index (χ0n) is 9.32. The Bertz CT molecular complexity index is 247. The van der Waals surface area contributed by atoms with Gasteiger partial charge in [-0.2, -0.15) is 0 Å². The maximum absolute atomic E-state index is 11.5. The van der Waals surface area contributed by atoms with Crippen LogP contribution in [0.5, 0.6) is 0 Å². The van der Waals surface area contributed by atoms with Crippen molar-refractivity contribution < 1.29 is 4.79 Å². The van der Waals surface area contributed by atoms with E-state index in [4.69, 9.17) is 5.73 Å². The van der Waals surface area contributed by atoms with Gasteiger partial charge in [-0.3, -0.25) is 0 Å². The number of piperidine rings is 1. The molecule has 15 heavy (non-hydrogen) atoms. The van der Waals surface area contributed by atoms with Gasteiger partial charge in [0, 0.05) is 6.04 Å². The van der Waals surface area contributed by atoms with Gasteiger partial charge in [-0.1, -0.05) is 12.8 Å². The van der Waals surface area contributed by atoms with Crippen LogP contribution in [0.3, 0.4) is 0 Å². The van der Waals surface area contributed by atoms with Gasteiger partial charge in [0.15, 0.2) is 0 Å². The molecule has 0 aromatic heterocycles. The van der Waals surface area contributed by atoms with Gasteiger partial charge in [-0.05, 0) is 37.9 Å². The van der Waals surface area contributed by atoms with Crippen molar-refractivity contribution in [3.63, 3.8) is 0 Å². The molecule has 2 N–H and O–H groups in total. The van der Waals surface area contributed by atoms with Gasteiger partial charge < -0.3 is 10.6 Å². The van der Waals surface area contributed by atoms with Gasteiger partial charge in [-0.15, -0.1) is 11.8 Å². The smallest absolute Gasteiger partial charge is 0.315 e. The lowest BCUT2D eigenvalue weighted by atomic mass is 9.78. The lowest BCUT2D eigenvalue weighted by molar-refractivity contribution is 0.0778. The van der Waals surface area contributed by atoms with E-state index in [2.05, 4.69) is 6.26 Å². The Labute approximate surface area is 95.8 Å². The van der Waals surface area contributed by atoms with Crippen LogP contribution >= 0.6 is 11.8 Å². The van der Waals surface area contributed by atoms with E-state index >= 15 is 0 Å². The number of hydrogen-bond acceptors (Lipinski definition) is 2. The number of hydrogen-bond donors (Lipinski definition) is 1. The minimum absolute atomic E-state index is 0.217. The summed E-state index contributed by atoms with van der Waals surface area (Å²) < 4.78 is 0. The molecule has 86 valence electrons. The van der Waals surface area contributed by atoms with Gasteiger partial charge in [-0.25, -0.2) is 4.79 Å². The number of urea groups is 1. The lowest BCUT2D eigenvalue weighted by Gasteiger charge is -2.47. The molecule has 1 aliphatic carbocycles. The molecule has 0 bridgehead atoms. The van der Waals surface area contributed by atoms with E-state index in [-0.39, 0.29) is 6.03 Å². The molecule has 1 aliphatic heterocycles. The first-order valence-electron chi connectivity index (χ1n) is 5.84. The minimum atomic E-state index is -0.217. The van der Waals surface area contributed by atoms with Crippen LogP contribution in [0.4, 0.5) is 4.79 Å². The van der Waals surface area contributed by atoms with Gasteiger partial charge in [0.25, 0.3) is 0 Å². The summed E-state index contributed by atoms with van der Waals surface area (Å²) >= 11 is 1.76. The van der Waals surface area contributed by atoms with E-state index in [9.17, 15) is 4.79 Å². The molecule has 2 aliphatic rings. The van der Waals surface area contributed by atoms with Gasteiger partial charge in [0.05, 0.1) is 5.37 Å². The maximum Gasteiger partial charge on any atom is 0.315 e. The van der Waals surface area contributed by atoms with Gasteiger partial charge in [0.1, 0.15) is 0 Å². The summed E-state index contributed by atoms with van der Waals surface area (Å²) in [6, 6.07) is 0.216. The van der Waals surface area contributed by atoms with Crippen LogP contribution in [-0.4, -0.2) is 28.6 Å². The second kappa shape index (κ2) is 4.64. The summed E-state index contributed by atoms with van der Waals surface area (Å²) in [5.74, 6) is 0.717. The third-order valence-corrected chi connectivity index (χ3v) is 4.85. The summed E-state index contributed by atoms with van der Waals surface area (Å²) in [7, 11) is 0. The van der Waals surface area contributed by atoms with Crippen molar-refractivity contribution >= 4 is 17.8 Å². The number of nitrogens with zero attached hydrogens (tertiary/aromatic N) is 1. The fourth-order valence-electron chi connectivity index (χ4n) is 3.14. The highest BCUT2D eigenvalue weighted by Gasteiger charge is 2.39. The molecule has 0 spiro atoms. The summed E-state index contributed by atoms with van der Waals surface area (Å²) in [5.41, 5.74) is 5.51. The molecule has 0 aromatic carbocycles. The topological polar surface area (TPSA) is 46.3 Å². The zero-order chi connectivity index (χ0) is 10.8. The van der Waals surface area contributed by atoms with Crippen LogP contribution in [0.15, 0.2) is 0 Å². The van der Waals surface area contributed by atoms with E-state index in [1.807, 2.05) is 4.90 Å². The van der Waals surface area contributed by atoms with Crippen molar-refractivity contribution in [1.82, 2.24) is 4.90 Å². The van der Waals surface area contributed by atoms with Crippen molar-refractivity contribution in [3.05, 3.63) is 0 Å². The number of carbonyl (C=O) groups excluding carboxylic acids is 1. The Hall–Kier alpha value is -0.380. The first-order valence-corrected chi connectivity index (χ1v) is 7.13. The molecule has 3 atom stereocenters. The van der Waals surface area contributed by atoms with Crippen molar-refractivity contribution in [3.8, 4) is 0 Å². The Morgan fingerprint density at radius 2 is 2.00 bits per heavy atom. The molecule has 0 radical (unpaired) electrons. The second-order valence-electron chi connectivity index (χ2n) is 4.63. The maximum atomic E-state index is 11.5. The largest absolute Gasteiger partial charge is 0.351 e. The molecule has 2 amide bonds. The van der Waals surface area contributed by atoms with Crippen molar-refractivity contribution in [1.29, 1.82) is 0 Å². The SMILES string of the molecule is CSC1CCC2CCCCC2N1C(N)=O. The number of thioether (sulfide) groups is 1. The quantitative estimate of drug-likeness (QED) is 0.749. The highest BCUT2D eigenvalue weighted by Crippen LogP contribution is 2.39. The molecule has 3 nitrogen and oxygen atoms in total. The number of nitrogens with two attached hydrogens (primary N) is 1. The standard InChI is InChI=1S/C11H20N2OS/c1-15-10-7-6-8-4-2-3-5-9(8)13(10)11(12)14/h8-10H,2-7H2,1H3,(H2,12,14). The van der Waals surface area contributed by atoms with Gasteiger partial charge >= 0.3 is 6.03 Å². The first-order chi connectivity index (χ1) is 7.24. The fourth-order valence-corrected chi connectivity index (χ4v) is 4.00. The molecule has 4 heteroatoms. The average molecular weight is 228 g/mol. The third kappa shape index (κ3) is 2.10. The first kappa shape index (κ1) is 11.1. The predicted octanol–water partition coefficient (Wildman–Crippen LogP) is 2.41. The van der Waals surface area contributed by atoms with Crippen LogP contribution in [0.1, 0.15) is 38.5 Å². The fraction of sp³-hybridized carbons (Fsp3) is 0.909. The molecule has 1 saturated heterocycles. The van der Waals surface area contributed by atoms with Crippen molar-refractivity contribution in [2.24, 2.45) is 11.7 Å². The molecule has 1 heterocycles. The number of carbonyl (C=O) groups is 1. The normalized spacial score (nSPS) is 36.1. The lowest BCUT2D eigenvalue weighted by Crippen LogP contribution is -2.55. The zero-order valence-corrected chi connectivity index (χ0v) is 10.1. The third-order valence-electron chi connectivity index (χ3n) is 3.85. The van der Waals surface area contributed by atoms with Crippen LogP contribution in [-0.2, 0) is 0 Å². The Morgan fingerprint density at radius 3 is 2.67 bits per heavy atom. The van der Waals surface area contributed by atoms with Crippen LogP contribution in [0.2, 0.25) is 0 Å². The Morgan fingerprint density at radius 1 is 1.27 bits per heavy atom. The Balaban J connectivity index is 2.14. The highest BCUT2D eigenvalue weighted by atomic mass is 32.2. The second-order valence-corrected chi connectivity index (χ2v) is 5.64. The number of likely N-dealkylation sites (tertiary alicyclic amines) is 1. The molecule has 2 rings (SSSR count). The van der Waals surface area contributed by atoms with Gasteiger partial charge in [0.2, 0.25) is 0 Å².